The van der Waals surface area contributed by atoms with Crippen LogP contribution in [0, 0.1) is 0 Å². The minimum absolute atomic E-state index is 0.105. The highest BCUT2D eigenvalue weighted by Gasteiger charge is 2.29. The van der Waals surface area contributed by atoms with Crippen LogP contribution in [0.4, 0.5) is 14.5 Å². The van der Waals surface area contributed by atoms with Gasteiger partial charge in [-0.1, -0.05) is 12.1 Å². The molecule has 0 aliphatic carbocycles. The van der Waals surface area contributed by atoms with Crippen molar-refractivity contribution in [1.82, 2.24) is 14.8 Å². The molecule has 0 saturated heterocycles. The molecule has 1 aromatic carbocycles. The van der Waals surface area contributed by atoms with Gasteiger partial charge in [0.05, 0.1) is 16.6 Å². The molecule has 114 valence electrons. The van der Waals surface area contributed by atoms with Gasteiger partial charge in [0.1, 0.15) is 6.33 Å². The fourth-order valence-electron chi connectivity index (χ4n) is 1.91. The Morgan fingerprint density at radius 3 is 2.52 bits per heavy atom. The van der Waals surface area contributed by atoms with Gasteiger partial charge in [0.25, 0.3) is 0 Å². The molecular weight excluding hydrogens is 302 g/mol. The first-order chi connectivity index (χ1) is 9.84. The molecule has 1 N–H and O–H groups in total. The Balaban J connectivity index is 2.36. The molecule has 1 aromatic heterocycles. The predicted octanol–water partition coefficient (Wildman–Crippen LogP) is 1.98. The molecule has 0 spiro atoms. The summed E-state index contributed by atoms with van der Waals surface area (Å²) in [6.07, 6.45) is 1.50. The molecule has 1 atom stereocenters. The lowest BCUT2D eigenvalue weighted by molar-refractivity contribution is 0.235. The van der Waals surface area contributed by atoms with Crippen molar-refractivity contribution >= 4 is 15.5 Å². The number of para-hydroxylation sites is 1. The van der Waals surface area contributed by atoms with E-state index in [4.69, 9.17) is 0 Å². The highest BCUT2D eigenvalue weighted by molar-refractivity contribution is 7.91. The summed E-state index contributed by atoms with van der Waals surface area (Å²) in [6, 6.07) is 5.14. The first-order valence-electron chi connectivity index (χ1n) is 6.05. The molecule has 9 heteroatoms. The number of aromatic nitrogens is 3. The van der Waals surface area contributed by atoms with Crippen molar-refractivity contribution in [1.29, 1.82) is 0 Å². The lowest BCUT2D eigenvalue weighted by Gasteiger charge is -2.17. The zero-order valence-corrected chi connectivity index (χ0v) is 12.2. The zero-order valence-electron chi connectivity index (χ0n) is 11.4. The van der Waals surface area contributed by atoms with Crippen LogP contribution >= 0.6 is 0 Å². The molecule has 0 bridgehead atoms. The summed E-state index contributed by atoms with van der Waals surface area (Å²) < 4.78 is 50.4. The number of hydrogen-bond acceptors (Lipinski definition) is 5. The second-order valence-electron chi connectivity index (χ2n) is 4.47. The van der Waals surface area contributed by atoms with Gasteiger partial charge in [0, 0.05) is 7.05 Å². The smallest absolute Gasteiger partial charge is 0.341 e. The Morgan fingerprint density at radius 1 is 1.29 bits per heavy atom. The van der Waals surface area contributed by atoms with Crippen molar-refractivity contribution in [3.05, 3.63) is 36.4 Å². The van der Waals surface area contributed by atoms with Crippen molar-refractivity contribution in [3.63, 3.8) is 0 Å². The van der Waals surface area contributed by atoms with Crippen molar-refractivity contribution in [2.45, 2.75) is 23.6 Å². The second kappa shape index (κ2) is 5.76. The van der Waals surface area contributed by atoms with Crippen LogP contribution in [0.1, 0.15) is 18.8 Å². The lowest BCUT2D eigenvalue weighted by atomic mass is 10.2. The highest BCUT2D eigenvalue weighted by Crippen LogP contribution is 2.28. The first-order valence-corrected chi connectivity index (χ1v) is 7.60. The number of alkyl halides is 2. The van der Waals surface area contributed by atoms with Gasteiger partial charge in [0.15, 0.2) is 5.82 Å². The lowest BCUT2D eigenvalue weighted by Crippen LogP contribution is -2.17. The van der Waals surface area contributed by atoms with Crippen molar-refractivity contribution < 1.29 is 17.2 Å². The molecular formula is C12H14F2N4O2S. The van der Waals surface area contributed by atoms with Crippen LogP contribution in [-0.4, -0.2) is 28.9 Å². The van der Waals surface area contributed by atoms with E-state index in [1.165, 1.54) is 18.5 Å². The van der Waals surface area contributed by atoms with E-state index in [9.17, 15) is 17.2 Å². The summed E-state index contributed by atoms with van der Waals surface area (Å²) in [6.45, 7) is 1.73. The van der Waals surface area contributed by atoms with Crippen LogP contribution in [0.2, 0.25) is 0 Å². The van der Waals surface area contributed by atoms with E-state index in [-0.39, 0.29) is 5.69 Å². The molecule has 0 aliphatic heterocycles. The SMILES string of the molecule is CC(Nc1ccccc1S(=O)(=O)C(F)F)c1nncn1C. The predicted molar refractivity (Wildman–Crippen MR) is 72.7 cm³/mol. The average Bonchev–Trinajstić information content (AvgIpc) is 2.85. The van der Waals surface area contributed by atoms with E-state index in [0.29, 0.717) is 5.82 Å². The van der Waals surface area contributed by atoms with Crippen LogP contribution in [0.15, 0.2) is 35.5 Å². The number of hydrogen-bond donors (Lipinski definition) is 1. The Hall–Kier alpha value is -2.03. The van der Waals surface area contributed by atoms with Gasteiger partial charge in [-0.2, -0.15) is 8.78 Å². The molecule has 0 fully saturated rings. The topological polar surface area (TPSA) is 76.9 Å². The third-order valence-corrected chi connectivity index (χ3v) is 4.37. The summed E-state index contributed by atoms with van der Waals surface area (Å²) in [4.78, 5) is -0.436. The molecule has 1 heterocycles. The van der Waals surface area contributed by atoms with Gasteiger partial charge in [-0.25, -0.2) is 8.42 Å². The molecule has 0 saturated carbocycles. The normalized spacial score (nSPS) is 13.4. The number of anilines is 1. The van der Waals surface area contributed by atoms with Crippen LogP contribution in [0.3, 0.4) is 0 Å². The Morgan fingerprint density at radius 2 is 1.95 bits per heavy atom. The van der Waals surface area contributed by atoms with Crippen molar-refractivity contribution in [2.75, 3.05) is 5.32 Å². The van der Waals surface area contributed by atoms with Gasteiger partial charge in [-0.05, 0) is 19.1 Å². The number of nitrogens with zero attached hydrogens (tertiary/aromatic N) is 3. The number of benzene rings is 1. The number of halogens is 2. The largest absolute Gasteiger partial charge is 0.374 e. The van der Waals surface area contributed by atoms with E-state index in [0.717, 1.165) is 6.07 Å². The van der Waals surface area contributed by atoms with Gasteiger partial charge >= 0.3 is 5.76 Å². The van der Waals surface area contributed by atoms with Crippen molar-refractivity contribution in [3.8, 4) is 0 Å². The minimum atomic E-state index is -4.67. The first kappa shape index (κ1) is 15.4. The maximum Gasteiger partial charge on any atom is 0.341 e. The number of rotatable bonds is 5. The third-order valence-electron chi connectivity index (χ3n) is 2.93. The number of aryl methyl sites for hydroxylation is 1. The highest BCUT2D eigenvalue weighted by atomic mass is 32.2. The Kier molecular flexibility index (Phi) is 4.21. The molecule has 2 rings (SSSR count). The molecule has 0 amide bonds. The minimum Gasteiger partial charge on any atom is -0.374 e. The van der Waals surface area contributed by atoms with Gasteiger partial charge in [-0.15, -0.1) is 10.2 Å². The monoisotopic (exact) mass is 316 g/mol. The fourth-order valence-corrected chi connectivity index (χ4v) is 2.81. The summed E-state index contributed by atoms with van der Waals surface area (Å²) in [7, 11) is -2.94. The summed E-state index contributed by atoms with van der Waals surface area (Å²) in [5.74, 6) is -2.91. The van der Waals surface area contributed by atoms with Crippen LogP contribution in [0.25, 0.3) is 0 Å². The Labute approximate surface area is 120 Å². The summed E-state index contributed by atoms with van der Waals surface area (Å²) in [5, 5.41) is 10.5. The zero-order chi connectivity index (χ0) is 15.6. The third kappa shape index (κ3) is 3.02. The quantitative estimate of drug-likeness (QED) is 0.913. The summed E-state index contributed by atoms with van der Waals surface area (Å²) in [5.41, 5.74) is 0.105. The summed E-state index contributed by atoms with van der Waals surface area (Å²) >= 11 is 0. The maximum absolute atomic E-state index is 12.7. The van der Waals surface area contributed by atoms with Crippen LogP contribution in [0.5, 0.6) is 0 Å². The van der Waals surface area contributed by atoms with Gasteiger partial charge in [0.2, 0.25) is 9.84 Å². The van der Waals surface area contributed by atoms with E-state index < -0.39 is 26.5 Å². The van der Waals surface area contributed by atoms with Gasteiger partial charge in [-0.3, -0.25) is 0 Å². The van der Waals surface area contributed by atoms with E-state index >= 15 is 0 Å². The maximum atomic E-state index is 12.7. The second-order valence-corrected chi connectivity index (χ2v) is 6.35. The van der Waals surface area contributed by atoms with E-state index in [1.54, 1.807) is 24.6 Å². The Bertz CT molecular complexity index is 730. The average molecular weight is 316 g/mol. The van der Waals surface area contributed by atoms with Crippen LogP contribution < -0.4 is 5.32 Å². The molecule has 2 aromatic rings. The number of nitrogens with one attached hydrogen (secondary N) is 1. The van der Waals surface area contributed by atoms with Crippen LogP contribution in [-0.2, 0) is 16.9 Å². The van der Waals surface area contributed by atoms with Crippen molar-refractivity contribution in [2.24, 2.45) is 7.05 Å². The number of sulfone groups is 1. The van der Waals surface area contributed by atoms with Gasteiger partial charge < -0.3 is 9.88 Å². The van der Waals surface area contributed by atoms with E-state index in [1.807, 2.05) is 0 Å². The fraction of sp³-hybridized carbons (Fsp3) is 0.333. The standard InChI is InChI=1S/C12H14F2N4O2S/c1-8(11-17-15-7-18(11)2)16-9-5-3-4-6-10(9)21(19,20)12(13)14/h3-8,12,16H,1-2H3. The molecule has 6 nitrogen and oxygen atoms in total. The van der Waals surface area contributed by atoms with E-state index in [2.05, 4.69) is 15.5 Å². The molecule has 21 heavy (non-hydrogen) atoms. The molecule has 0 aliphatic rings. The molecule has 1 unspecified atom stereocenters. The molecule has 0 radical (unpaired) electrons.